The van der Waals surface area contributed by atoms with Gasteiger partial charge in [-0.2, -0.15) is 0 Å². The first-order chi connectivity index (χ1) is 18.0. The number of ether oxygens (including phenoxy) is 1. The molecule has 2 aliphatic heterocycles. The summed E-state index contributed by atoms with van der Waals surface area (Å²) in [6.45, 7) is 9.52. The summed E-state index contributed by atoms with van der Waals surface area (Å²) in [4.78, 5) is 30.6. The summed E-state index contributed by atoms with van der Waals surface area (Å²) in [5.74, 6) is -0.967. The SMILES string of the molecule is Cc1ccc(Cl)cc1N1C(=O)C(=O)/C(=C(\O)c2ccc3c(c2)N(C)CCO3)C1c1ccc(C(C)(C)C)cc1. The molecule has 0 aliphatic carbocycles. The number of aliphatic hydroxyl groups excluding tert-OH is 1. The maximum Gasteiger partial charge on any atom is 0.300 e. The van der Waals surface area contributed by atoms with Gasteiger partial charge in [-0.25, -0.2) is 0 Å². The highest BCUT2D eigenvalue weighted by molar-refractivity contribution is 6.52. The molecule has 3 aromatic rings. The predicted octanol–water partition coefficient (Wildman–Crippen LogP) is 6.40. The Morgan fingerprint density at radius 3 is 2.39 bits per heavy atom. The summed E-state index contributed by atoms with van der Waals surface area (Å²) in [5, 5.41) is 12.0. The maximum atomic E-state index is 13.6. The van der Waals surface area contributed by atoms with Gasteiger partial charge in [0.15, 0.2) is 0 Å². The highest BCUT2D eigenvalue weighted by Crippen LogP contribution is 2.45. The monoisotopic (exact) mass is 530 g/mol. The van der Waals surface area contributed by atoms with E-state index in [2.05, 4.69) is 20.8 Å². The van der Waals surface area contributed by atoms with E-state index in [9.17, 15) is 14.7 Å². The van der Waals surface area contributed by atoms with Crippen LogP contribution in [-0.4, -0.2) is 37.0 Å². The fourth-order valence-corrected chi connectivity index (χ4v) is 5.22. The van der Waals surface area contributed by atoms with Gasteiger partial charge in [0.25, 0.3) is 11.7 Å². The lowest BCUT2D eigenvalue weighted by Gasteiger charge is -2.29. The Morgan fingerprint density at radius 1 is 1.00 bits per heavy atom. The second-order valence-electron chi connectivity index (χ2n) is 10.9. The third-order valence-corrected chi connectivity index (χ3v) is 7.53. The Hall–Kier alpha value is -3.77. The van der Waals surface area contributed by atoms with E-state index in [1.165, 1.54) is 4.90 Å². The zero-order valence-corrected chi connectivity index (χ0v) is 23.0. The van der Waals surface area contributed by atoms with Crippen molar-refractivity contribution in [2.24, 2.45) is 0 Å². The number of carbonyl (C=O) groups excluding carboxylic acids is 2. The summed E-state index contributed by atoms with van der Waals surface area (Å²) in [6, 6.07) is 17.6. The largest absolute Gasteiger partial charge is 0.507 e. The Bertz CT molecular complexity index is 1470. The maximum absolute atomic E-state index is 13.6. The molecular weight excluding hydrogens is 500 g/mol. The highest BCUT2D eigenvalue weighted by Gasteiger charge is 2.47. The fourth-order valence-electron chi connectivity index (χ4n) is 5.06. The molecule has 1 saturated heterocycles. The van der Waals surface area contributed by atoms with Crippen LogP contribution < -0.4 is 14.5 Å². The normalized spacial score (nSPS) is 18.9. The number of carbonyl (C=O) groups is 2. The number of ketones is 1. The zero-order chi connectivity index (χ0) is 27.4. The molecule has 38 heavy (non-hydrogen) atoms. The van der Waals surface area contributed by atoms with Crippen molar-refractivity contribution in [3.63, 3.8) is 0 Å². The highest BCUT2D eigenvalue weighted by atomic mass is 35.5. The average Bonchev–Trinajstić information content (AvgIpc) is 3.15. The smallest absolute Gasteiger partial charge is 0.300 e. The number of hydrogen-bond donors (Lipinski definition) is 1. The second-order valence-corrected chi connectivity index (χ2v) is 11.4. The summed E-state index contributed by atoms with van der Waals surface area (Å²) >= 11 is 6.32. The minimum atomic E-state index is -0.828. The molecule has 1 unspecified atom stereocenters. The molecule has 1 fully saturated rings. The van der Waals surface area contributed by atoms with Crippen LogP contribution in [0.15, 0.2) is 66.2 Å². The van der Waals surface area contributed by atoms with Gasteiger partial charge in [-0.3, -0.25) is 14.5 Å². The van der Waals surface area contributed by atoms with E-state index in [4.69, 9.17) is 16.3 Å². The topological polar surface area (TPSA) is 70.1 Å². The van der Waals surface area contributed by atoms with Gasteiger partial charge in [0.1, 0.15) is 18.1 Å². The number of rotatable bonds is 3. The molecule has 5 rings (SSSR count). The molecule has 2 heterocycles. The molecule has 3 aromatic carbocycles. The van der Waals surface area contributed by atoms with Crippen molar-refractivity contribution in [1.29, 1.82) is 0 Å². The first-order valence-electron chi connectivity index (χ1n) is 12.6. The van der Waals surface area contributed by atoms with Crippen LogP contribution in [0.2, 0.25) is 5.02 Å². The van der Waals surface area contributed by atoms with E-state index in [1.54, 1.807) is 30.3 Å². The van der Waals surface area contributed by atoms with Crippen molar-refractivity contribution in [2.75, 3.05) is 30.0 Å². The standard InChI is InChI=1S/C31H31ClN2O4/c1-18-6-12-22(32)17-23(18)34-27(19-7-10-21(11-8-19)31(2,3)4)26(29(36)30(34)37)28(35)20-9-13-25-24(16-20)33(5)14-15-38-25/h6-13,16-17,27,35H,14-15H2,1-5H3/b28-26-. The molecule has 0 aromatic heterocycles. The molecule has 0 bridgehead atoms. The van der Waals surface area contributed by atoms with Crippen LogP contribution in [-0.2, 0) is 15.0 Å². The van der Waals surface area contributed by atoms with E-state index >= 15 is 0 Å². The first kappa shape index (κ1) is 25.9. The number of benzene rings is 3. The predicted molar refractivity (Wildman–Crippen MR) is 151 cm³/mol. The minimum Gasteiger partial charge on any atom is -0.507 e. The Kier molecular flexibility index (Phi) is 6.48. The number of fused-ring (bicyclic) bond motifs is 1. The molecule has 6 nitrogen and oxygen atoms in total. The lowest BCUT2D eigenvalue weighted by Crippen LogP contribution is -2.30. The Morgan fingerprint density at radius 2 is 1.71 bits per heavy atom. The molecular formula is C31H31ClN2O4. The number of aliphatic hydroxyl groups is 1. The van der Waals surface area contributed by atoms with Gasteiger partial charge in [0, 0.05) is 23.3 Å². The van der Waals surface area contributed by atoms with Crippen LogP contribution in [0, 0.1) is 6.92 Å². The van der Waals surface area contributed by atoms with Gasteiger partial charge in [-0.15, -0.1) is 0 Å². The van der Waals surface area contributed by atoms with Crippen LogP contribution in [0.5, 0.6) is 5.75 Å². The number of likely N-dealkylation sites (N-methyl/N-ethyl adjacent to an activating group) is 1. The summed E-state index contributed by atoms with van der Waals surface area (Å²) in [5.41, 5.74) is 4.39. The number of anilines is 2. The third kappa shape index (κ3) is 4.43. The summed E-state index contributed by atoms with van der Waals surface area (Å²) in [6.07, 6.45) is 0. The molecule has 196 valence electrons. The summed E-state index contributed by atoms with van der Waals surface area (Å²) < 4.78 is 5.74. The lowest BCUT2D eigenvalue weighted by molar-refractivity contribution is -0.132. The number of Topliss-reactive ketones (excluding diaryl/α,β-unsaturated/α-hetero) is 1. The van der Waals surface area contributed by atoms with Crippen molar-refractivity contribution >= 4 is 40.4 Å². The number of hydrogen-bond acceptors (Lipinski definition) is 5. The van der Waals surface area contributed by atoms with Crippen molar-refractivity contribution in [1.82, 2.24) is 0 Å². The van der Waals surface area contributed by atoms with Gasteiger partial charge in [-0.05, 0) is 59.4 Å². The number of aryl methyl sites for hydroxylation is 1. The number of nitrogens with zero attached hydrogens (tertiary/aromatic N) is 2. The molecule has 1 N–H and O–H groups in total. The number of halogens is 1. The van der Waals surface area contributed by atoms with Crippen LogP contribution in [0.3, 0.4) is 0 Å². The van der Waals surface area contributed by atoms with Gasteiger partial charge in [-0.1, -0.05) is 62.7 Å². The second kappa shape index (κ2) is 9.52. The van der Waals surface area contributed by atoms with Crippen molar-refractivity contribution in [3.8, 4) is 5.75 Å². The minimum absolute atomic E-state index is 0.0391. The van der Waals surface area contributed by atoms with E-state index in [-0.39, 0.29) is 16.7 Å². The van der Waals surface area contributed by atoms with E-state index in [0.29, 0.717) is 35.2 Å². The van der Waals surface area contributed by atoms with Crippen molar-refractivity contribution in [2.45, 2.75) is 39.2 Å². The third-order valence-electron chi connectivity index (χ3n) is 7.30. The quantitative estimate of drug-likeness (QED) is 0.241. The van der Waals surface area contributed by atoms with Crippen molar-refractivity contribution in [3.05, 3.63) is 93.5 Å². The number of amides is 1. The molecule has 2 aliphatic rings. The molecule has 1 atom stereocenters. The van der Waals surface area contributed by atoms with Gasteiger partial charge in [0.2, 0.25) is 0 Å². The van der Waals surface area contributed by atoms with Crippen LogP contribution in [0.1, 0.15) is 49.1 Å². The lowest BCUT2D eigenvalue weighted by atomic mass is 9.85. The molecule has 0 radical (unpaired) electrons. The molecule has 0 saturated carbocycles. The Labute approximate surface area is 228 Å². The van der Waals surface area contributed by atoms with E-state index in [1.807, 2.05) is 49.2 Å². The van der Waals surface area contributed by atoms with E-state index < -0.39 is 17.7 Å². The molecule has 1 amide bonds. The van der Waals surface area contributed by atoms with Gasteiger partial charge in [0.05, 0.1) is 23.8 Å². The average molecular weight is 531 g/mol. The van der Waals surface area contributed by atoms with E-state index in [0.717, 1.165) is 22.4 Å². The fraction of sp³-hybridized carbons (Fsp3) is 0.290. The van der Waals surface area contributed by atoms with Gasteiger partial charge < -0.3 is 14.7 Å². The first-order valence-corrected chi connectivity index (χ1v) is 13.0. The molecule has 7 heteroatoms. The van der Waals surface area contributed by atoms with Gasteiger partial charge >= 0.3 is 0 Å². The van der Waals surface area contributed by atoms with Crippen molar-refractivity contribution < 1.29 is 19.4 Å². The van der Waals surface area contributed by atoms with Crippen LogP contribution in [0.25, 0.3) is 5.76 Å². The zero-order valence-electron chi connectivity index (χ0n) is 22.2. The van der Waals surface area contributed by atoms with Crippen LogP contribution >= 0.6 is 11.6 Å². The Balaban J connectivity index is 1.71. The molecule has 0 spiro atoms. The summed E-state index contributed by atoms with van der Waals surface area (Å²) in [7, 11) is 1.95. The van der Waals surface area contributed by atoms with Crippen LogP contribution in [0.4, 0.5) is 11.4 Å².